The van der Waals surface area contributed by atoms with Gasteiger partial charge in [-0.15, -0.1) is 0 Å². The van der Waals surface area contributed by atoms with Gasteiger partial charge in [-0.25, -0.2) is 5.11 Å². The molecule has 0 fully saturated rings. The van der Waals surface area contributed by atoms with Crippen molar-refractivity contribution >= 4 is 17.4 Å². The fraction of sp³-hybridized carbons (Fsp3) is 0.125. The Morgan fingerprint density at radius 1 is 1.36 bits per heavy atom. The summed E-state index contributed by atoms with van der Waals surface area (Å²) in [4.78, 5) is 10.8. The SMILES string of the molecule is [O]CC(=O)c1ccccc1Cl. The topological polar surface area (TPSA) is 37.0 Å². The molecule has 1 aromatic rings. The molecule has 1 aromatic carbocycles. The number of rotatable bonds is 2. The van der Waals surface area contributed by atoms with Crippen molar-refractivity contribution in [3.05, 3.63) is 34.9 Å². The summed E-state index contributed by atoms with van der Waals surface area (Å²) in [6, 6.07) is 6.52. The van der Waals surface area contributed by atoms with E-state index in [0.717, 1.165) is 0 Å². The zero-order chi connectivity index (χ0) is 8.27. The van der Waals surface area contributed by atoms with E-state index in [1.165, 1.54) is 0 Å². The van der Waals surface area contributed by atoms with E-state index >= 15 is 0 Å². The van der Waals surface area contributed by atoms with Gasteiger partial charge in [0.25, 0.3) is 0 Å². The van der Waals surface area contributed by atoms with Gasteiger partial charge in [0, 0.05) is 5.56 Å². The van der Waals surface area contributed by atoms with Crippen molar-refractivity contribution < 1.29 is 9.90 Å². The van der Waals surface area contributed by atoms with Crippen LogP contribution in [0.3, 0.4) is 0 Å². The molecule has 0 unspecified atom stereocenters. The van der Waals surface area contributed by atoms with Crippen LogP contribution < -0.4 is 0 Å². The Bertz CT molecular complexity index is 271. The van der Waals surface area contributed by atoms with E-state index in [1.807, 2.05) is 0 Å². The first kappa shape index (κ1) is 8.24. The van der Waals surface area contributed by atoms with Crippen LogP contribution in [0.5, 0.6) is 0 Å². The summed E-state index contributed by atoms with van der Waals surface area (Å²) in [7, 11) is 0. The van der Waals surface area contributed by atoms with Crippen molar-refractivity contribution in [2.24, 2.45) is 0 Å². The molecule has 0 saturated heterocycles. The van der Waals surface area contributed by atoms with Crippen LogP contribution >= 0.6 is 11.6 Å². The number of carbonyl (C=O) groups is 1. The third kappa shape index (κ3) is 1.79. The molecule has 0 heterocycles. The van der Waals surface area contributed by atoms with E-state index in [9.17, 15) is 9.90 Å². The van der Waals surface area contributed by atoms with E-state index < -0.39 is 12.4 Å². The molecule has 0 spiro atoms. The van der Waals surface area contributed by atoms with Crippen molar-refractivity contribution in [3.8, 4) is 0 Å². The van der Waals surface area contributed by atoms with Crippen LogP contribution in [-0.2, 0) is 5.11 Å². The lowest BCUT2D eigenvalue weighted by molar-refractivity contribution is 0.0827. The van der Waals surface area contributed by atoms with Crippen LogP contribution in [-0.4, -0.2) is 12.4 Å². The largest absolute Gasteiger partial charge is 0.291 e. The Kier molecular flexibility index (Phi) is 2.63. The molecule has 2 nitrogen and oxygen atoms in total. The molecule has 0 aliphatic carbocycles. The molecule has 0 aromatic heterocycles. The van der Waals surface area contributed by atoms with Crippen LogP contribution in [0.4, 0.5) is 0 Å². The van der Waals surface area contributed by atoms with Gasteiger partial charge in [0.2, 0.25) is 0 Å². The Morgan fingerprint density at radius 2 is 2.00 bits per heavy atom. The molecule has 0 aliphatic heterocycles. The summed E-state index contributed by atoms with van der Waals surface area (Å²) in [6.45, 7) is -0.746. The highest BCUT2D eigenvalue weighted by Crippen LogP contribution is 2.14. The average molecular weight is 170 g/mol. The fourth-order valence-corrected chi connectivity index (χ4v) is 1.01. The van der Waals surface area contributed by atoms with Gasteiger partial charge in [0.1, 0.15) is 6.61 Å². The number of benzene rings is 1. The van der Waals surface area contributed by atoms with Crippen LogP contribution in [0.15, 0.2) is 24.3 Å². The molecular formula is C8H6ClO2. The summed E-state index contributed by atoms with van der Waals surface area (Å²) in [5.41, 5.74) is 0.309. The van der Waals surface area contributed by atoms with E-state index in [0.29, 0.717) is 10.6 Å². The van der Waals surface area contributed by atoms with Gasteiger partial charge in [-0.2, -0.15) is 0 Å². The molecule has 0 aliphatic rings. The monoisotopic (exact) mass is 169 g/mol. The molecule has 1 rings (SSSR count). The summed E-state index contributed by atoms with van der Waals surface area (Å²) < 4.78 is 0. The quantitative estimate of drug-likeness (QED) is 0.624. The lowest BCUT2D eigenvalue weighted by Gasteiger charge is -1.97. The molecule has 57 valence electrons. The normalized spacial score (nSPS) is 9.64. The zero-order valence-corrected chi connectivity index (χ0v) is 6.47. The minimum absolute atomic E-state index is 0.309. The number of hydrogen-bond acceptors (Lipinski definition) is 1. The Hall–Kier alpha value is -0.860. The highest BCUT2D eigenvalue weighted by atomic mass is 35.5. The van der Waals surface area contributed by atoms with E-state index in [-0.39, 0.29) is 0 Å². The van der Waals surface area contributed by atoms with Crippen molar-refractivity contribution in [1.29, 1.82) is 0 Å². The lowest BCUT2D eigenvalue weighted by atomic mass is 10.1. The molecule has 1 radical (unpaired) electrons. The van der Waals surface area contributed by atoms with Gasteiger partial charge in [-0.3, -0.25) is 4.79 Å². The third-order valence-electron chi connectivity index (χ3n) is 1.31. The summed E-state index contributed by atoms with van der Waals surface area (Å²) in [6.07, 6.45) is 0. The number of halogens is 1. The first-order valence-electron chi connectivity index (χ1n) is 3.11. The van der Waals surface area contributed by atoms with Gasteiger partial charge in [0.15, 0.2) is 5.78 Å². The molecule has 0 amide bonds. The zero-order valence-electron chi connectivity index (χ0n) is 5.71. The molecule has 0 atom stereocenters. The van der Waals surface area contributed by atoms with Gasteiger partial charge in [-0.1, -0.05) is 23.7 Å². The Labute approximate surface area is 69.4 Å². The smallest absolute Gasteiger partial charge is 0.193 e. The highest BCUT2D eigenvalue weighted by Gasteiger charge is 2.07. The molecule has 11 heavy (non-hydrogen) atoms. The average Bonchev–Trinajstić information content (AvgIpc) is 2.04. The van der Waals surface area contributed by atoms with Crippen LogP contribution in [0.2, 0.25) is 5.02 Å². The van der Waals surface area contributed by atoms with Crippen LogP contribution in [0.1, 0.15) is 10.4 Å². The minimum atomic E-state index is -0.746. The van der Waals surface area contributed by atoms with Crippen LogP contribution in [0, 0.1) is 0 Å². The maximum absolute atomic E-state index is 10.8. The number of Topliss-reactive ketones (excluding diaryl/α,β-unsaturated/α-hetero) is 1. The number of ketones is 1. The summed E-state index contributed by atoms with van der Waals surface area (Å²) in [5, 5.41) is 10.5. The van der Waals surface area contributed by atoms with Crippen molar-refractivity contribution in [2.45, 2.75) is 0 Å². The maximum atomic E-state index is 10.8. The second kappa shape index (κ2) is 3.51. The highest BCUT2D eigenvalue weighted by molar-refractivity contribution is 6.34. The Balaban J connectivity index is 3.03. The molecule has 0 saturated carbocycles. The molecule has 3 heteroatoms. The molecule has 0 bridgehead atoms. The van der Waals surface area contributed by atoms with Gasteiger partial charge >= 0.3 is 0 Å². The second-order valence-electron chi connectivity index (χ2n) is 2.05. The third-order valence-corrected chi connectivity index (χ3v) is 1.63. The van der Waals surface area contributed by atoms with Gasteiger partial charge in [-0.05, 0) is 12.1 Å². The first-order chi connectivity index (χ1) is 5.25. The fourth-order valence-electron chi connectivity index (χ4n) is 0.765. The Morgan fingerprint density at radius 3 is 2.55 bits per heavy atom. The van der Waals surface area contributed by atoms with Gasteiger partial charge < -0.3 is 0 Å². The number of carbonyl (C=O) groups excluding carboxylic acids is 1. The predicted octanol–water partition coefficient (Wildman–Crippen LogP) is 1.95. The van der Waals surface area contributed by atoms with Crippen molar-refractivity contribution in [2.75, 3.05) is 6.61 Å². The lowest BCUT2D eigenvalue weighted by Crippen LogP contribution is -2.03. The maximum Gasteiger partial charge on any atom is 0.193 e. The predicted molar refractivity (Wildman–Crippen MR) is 41.3 cm³/mol. The molecular weight excluding hydrogens is 164 g/mol. The van der Waals surface area contributed by atoms with E-state index in [1.54, 1.807) is 24.3 Å². The summed E-state index contributed by atoms with van der Waals surface area (Å²) >= 11 is 5.64. The first-order valence-corrected chi connectivity index (χ1v) is 3.49. The second-order valence-corrected chi connectivity index (χ2v) is 2.45. The van der Waals surface area contributed by atoms with Crippen LogP contribution in [0.25, 0.3) is 0 Å². The minimum Gasteiger partial charge on any atom is -0.291 e. The molecule has 0 N–H and O–H groups in total. The number of hydrogen-bond donors (Lipinski definition) is 0. The standard InChI is InChI=1S/C8H6ClO2/c9-7-4-2-1-3-6(7)8(11)5-10/h1-4H,5H2. The summed E-state index contributed by atoms with van der Waals surface area (Å²) in [5.74, 6) is -0.462. The van der Waals surface area contributed by atoms with Crippen molar-refractivity contribution in [3.63, 3.8) is 0 Å². The van der Waals surface area contributed by atoms with E-state index in [4.69, 9.17) is 11.6 Å². The van der Waals surface area contributed by atoms with E-state index in [2.05, 4.69) is 0 Å². The van der Waals surface area contributed by atoms with Gasteiger partial charge in [0.05, 0.1) is 5.02 Å². The van der Waals surface area contributed by atoms with Crippen molar-refractivity contribution in [1.82, 2.24) is 0 Å².